The molecule has 0 aliphatic carbocycles. The van der Waals surface area contributed by atoms with E-state index in [1.54, 1.807) is 0 Å². The average molecular weight is 386 g/mol. The van der Waals surface area contributed by atoms with E-state index in [1.165, 1.54) is 56.7 Å². The third kappa shape index (κ3) is 4.15. The van der Waals surface area contributed by atoms with Crippen LogP contribution in [0.5, 0.6) is 11.5 Å². The van der Waals surface area contributed by atoms with E-state index in [0.29, 0.717) is 10.8 Å². The molecule has 0 fully saturated rings. The van der Waals surface area contributed by atoms with Crippen LogP contribution in [0.25, 0.3) is 0 Å². The number of aliphatic carboxylic acids is 1. The summed E-state index contributed by atoms with van der Waals surface area (Å²) in [4.78, 5) is 11.2. The maximum Gasteiger partial charge on any atom is 0.324 e. The number of ether oxygens (including phenoxy) is 2. The number of carboxylic acids is 1. The van der Waals surface area contributed by atoms with Gasteiger partial charge in [0.1, 0.15) is 18.0 Å². The molecule has 0 radical (unpaired) electrons. The average Bonchev–Trinajstić information content (AvgIpc) is 2.59. The van der Waals surface area contributed by atoms with Gasteiger partial charge in [-0.25, -0.2) is 8.42 Å². The van der Waals surface area contributed by atoms with Crippen LogP contribution in [-0.4, -0.2) is 40.3 Å². The lowest BCUT2D eigenvalue weighted by Gasteiger charge is -2.24. The van der Waals surface area contributed by atoms with Gasteiger partial charge in [0.25, 0.3) is 10.0 Å². The monoisotopic (exact) mass is 385 g/mol. The Labute approximate surface area is 150 Å². The predicted molar refractivity (Wildman–Crippen MR) is 93.2 cm³/mol. The van der Waals surface area contributed by atoms with Crippen molar-refractivity contribution in [3.8, 4) is 11.5 Å². The lowest BCUT2D eigenvalue weighted by Crippen LogP contribution is -2.36. The van der Waals surface area contributed by atoms with Gasteiger partial charge < -0.3 is 14.6 Å². The second-order valence-electron chi connectivity index (χ2n) is 4.90. The molecule has 0 bridgehead atoms. The van der Waals surface area contributed by atoms with Crippen LogP contribution in [-0.2, 0) is 14.8 Å². The molecule has 0 aliphatic rings. The highest BCUT2D eigenvalue weighted by Crippen LogP contribution is 2.35. The van der Waals surface area contributed by atoms with E-state index in [2.05, 4.69) is 0 Å². The molecule has 0 aromatic heterocycles. The van der Waals surface area contributed by atoms with E-state index in [0.717, 1.165) is 4.31 Å². The van der Waals surface area contributed by atoms with Gasteiger partial charge in [-0.1, -0.05) is 11.6 Å². The molecular weight excluding hydrogens is 370 g/mol. The predicted octanol–water partition coefficient (Wildman–Crippen LogP) is 2.64. The summed E-state index contributed by atoms with van der Waals surface area (Å²) in [5, 5.41) is 9.54. The van der Waals surface area contributed by atoms with Crippen molar-refractivity contribution in [2.24, 2.45) is 0 Å². The minimum atomic E-state index is -4.15. The fourth-order valence-corrected chi connectivity index (χ4v) is 3.70. The van der Waals surface area contributed by atoms with Crippen molar-refractivity contribution >= 4 is 33.3 Å². The summed E-state index contributed by atoms with van der Waals surface area (Å²) in [7, 11) is -1.34. The highest BCUT2D eigenvalue weighted by Gasteiger charge is 2.29. The van der Waals surface area contributed by atoms with Crippen molar-refractivity contribution in [1.29, 1.82) is 0 Å². The molecule has 9 heteroatoms. The normalized spacial score (nSPS) is 11.0. The molecule has 0 heterocycles. The number of hydrogen-bond acceptors (Lipinski definition) is 5. The Morgan fingerprint density at radius 3 is 2.28 bits per heavy atom. The van der Waals surface area contributed by atoms with Gasteiger partial charge in [0.05, 0.1) is 24.8 Å². The van der Waals surface area contributed by atoms with Crippen LogP contribution in [0.2, 0.25) is 5.02 Å². The Kier molecular flexibility index (Phi) is 5.76. The number of sulfonamides is 1. The number of nitrogens with zero attached hydrogens (tertiary/aromatic N) is 1. The summed E-state index contributed by atoms with van der Waals surface area (Å²) in [6.45, 7) is -0.770. The first-order chi connectivity index (χ1) is 11.8. The number of halogens is 1. The van der Waals surface area contributed by atoms with Gasteiger partial charge in [0, 0.05) is 11.1 Å². The van der Waals surface area contributed by atoms with Crippen molar-refractivity contribution in [3.05, 3.63) is 47.5 Å². The molecule has 0 saturated heterocycles. The number of carboxylic acid groups (broad SMARTS) is 1. The molecule has 2 aromatic carbocycles. The van der Waals surface area contributed by atoms with Crippen molar-refractivity contribution < 1.29 is 27.8 Å². The van der Waals surface area contributed by atoms with Crippen LogP contribution in [0.15, 0.2) is 47.4 Å². The number of rotatable bonds is 7. The number of anilines is 1. The van der Waals surface area contributed by atoms with Crippen LogP contribution < -0.4 is 13.8 Å². The summed E-state index contributed by atoms with van der Waals surface area (Å²) in [5.41, 5.74) is 0.0839. The van der Waals surface area contributed by atoms with Gasteiger partial charge >= 0.3 is 5.97 Å². The van der Waals surface area contributed by atoms with Crippen molar-refractivity contribution in [1.82, 2.24) is 0 Å². The zero-order chi connectivity index (χ0) is 18.6. The van der Waals surface area contributed by atoms with E-state index < -0.39 is 22.5 Å². The van der Waals surface area contributed by atoms with E-state index in [-0.39, 0.29) is 16.3 Å². The Hall–Kier alpha value is -2.45. The zero-order valence-electron chi connectivity index (χ0n) is 13.5. The van der Waals surface area contributed by atoms with Gasteiger partial charge in [0.2, 0.25) is 0 Å². The first-order valence-electron chi connectivity index (χ1n) is 7.01. The number of methoxy groups -OCH3 is 2. The van der Waals surface area contributed by atoms with Crippen molar-refractivity contribution in [3.63, 3.8) is 0 Å². The molecule has 2 aromatic rings. The summed E-state index contributed by atoms with van der Waals surface area (Å²) in [6, 6.07) is 9.86. The Bertz CT molecular complexity index is 867. The van der Waals surface area contributed by atoms with Gasteiger partial charge in [-0.15, -0.1) is 0 Å². The van der Waals surface area contributed by atoms with Crippen LogP contribution >= 0.6 is 11.6 Å². The fourth-order valence-electron chi connectivity index (χ4n) is 2.15. The lowest BCUT2D eigenvalue weighted by molar-refractivity contribution is -0.135. The molecule has 2 rings (SSSR count). The van der Waals surface area contributed by atoms with E-state index in [1.807, 2.05) is 0 Å². The summed E-state index contributed by atoms with van der Waals surface area (Å²) < 4.78 is 36.9. The second kappa shape index (κ2) is 7.62. The molecule has 134 valence electrons. The molecule has 0 atom stereocenters. The highest BCUT2D eigenvalue weighted by molar-refractivity contribution is 7.92. The summed E-state index contributed by atoms with van der Waals surface area (Å²) in [6.07, 6.45) is 0. The van der Waals surface area contributed by atoms with E-state index in [4.69, 9.17) is 21.1 Å². The van der Waals surface area contributed by atoms with E-state index >= 15 is 0 Å². The fraction of sp³-hybridized carbons (Fsp3) is 0.188. The Balaban J connectivity index is 2.60. The number of benzene rings is 2. The summed E-state index contributed by atoms with van der Waals surface area (Å²) >= 11 is 5.79. The van der Waals surface area contributed by atoms with Gasteiger partial charge in [0.15, 0.2) is 0 Å². The van der Waals surface area contributed by atoms with Gasteiger partial charge in [-0.05, 0) is 36.4 Å². The maximum atomic E-state index is 12.9. The van der Waals surface area contributed by atoms with Crippen LogP contribution in [0, 0.1) is 0 Å². The Morgan fingerprint density at radius 2 is 1.76 bits per heavy atom. The number of carbonyl (C=O) groups is 1. The van der Waals surface area contributed by atoms with Crippen LogP contribution in [0.3, 0.4) is 0 Å². The third-order valence-electron chi connectivity index (χ3n) is 3.34. The highest BCUT2D eigenvalue weighted by atomic mass is 35.5. The van der Waals surface area contributed by atoms with Crippen LogP contribution in [0.4, 0.5) is 5.69 Å². The lowest BCUT2D eigenvalue weighted by atomic mass is 10.2. The van der Waals surface area contributed by atoms with Gasteiger partial charge in [-0.2, -0.15) is 0 Å². The molecular formula is C16H16ClNO6S. The molecule has 25 heavy (non-hydrogen) atoms. The van der Waals surface area contributed by atoms with Crippen molar-refractivity contribution in [2.45, 2.75) is 4.90 Å². The molecule has 0 aliphatic heterocycles. The molecule has 7 nitrogen and oxygen atoms in total. The minimum absolute atomic E-state index is 0.0839. The smallest absolute Gasteiger partial charge is 0.324 e. The van der Waals surface area contributed by atoms with Crippen molar-refractivity contribution in [2.75, 3.05) is 25.1 Å². The molecule has 1 N–H and O–H groups in total. The topological polar surface area (TPSA) is 93.1 Å². The third-order valence-corrected chi connectivity index (χ3v) is 5.36. The second-order valence-corrected chi connectivity index (χ2v) is 7.20. The maximum absolute atomic E-state index is 12.9. The van der Waals surface area contributed by atoms with E-state index in [9.17, 15) is 18.3 Å². The standard InChI is InChI=1S/C16H16ClNO6S/c1-23-12-5-8-14(15(9-12)24-2)18(10-16(19)20)25(21,22)13-6-3-11(17)4-7-13/h3-9H,10H2,1-2H3,(H,19,20). The zero-order valence-corrected chi connectivity index (χ0v) is 15.0. The molecule has 0 spiro atoms. The largest absolute Gasteiger partial charge is 0.497 e. The summed E-state index contributed by atoms with van der Waals surface area (Å²) in [5.74, 6) is -0.701. The first-order valence-corrected chi connectivity index (χ1v) is 8.83. The Morgan fingerprint density at radius 1 is 1.12 bits per heavy atom. The quantitative estimate of drug-likeness (QED) is 0.787. The SMILES string of the molecule is COc1ccc(N(CC(=O)O)S(=O)(=O)c2ccc(Cl)cc2)c(OC)c1. The van der Waals surface area contributed by atoms with Gasteiger partial charge in [-0.3, -0.25) is 9.10 Å². The number of hydrogen-bond donors (Lipinski definition) is 1. The minimum Gasteiger partial charge on any atom is -0.497 e. The van der Waals surface area contributed by atoms with Crippen LogP contribution in [0.1, 0.15) is 0 Å². The molecule has 0 amide bonds. The molecule has 0 saturated carbocycles. The first kappa shape index (κ1) is 18.9. The molecule has 0 unspecified atom stereocenters.